The molecule has 0 aliphatic heterocycles. The smallest absolute Gasteiger partial charge is 0.324 e. The summed E-state index contributed by atoms with van der Waals surface area (Å²) < 4.78 is 10.6. The summed E-state index contributed by atoms with van der Waals surface area (Å²) in [5, 5.41) is 0.797. The highest BCUT2D eigenvalue weighted by atomic mass is 79.9. The van der Waals surface area contributed by atoms with Crippen molar-refractivity contribution >= 4 is 23.5 Å². The van der Waals surface area contributed by atoms with Crippen LogP contribution in [0, 0.1) is 0 Å². The average molecular weight is 279 g/mol. The van der Waals surface area contributed by atoms with E-state index in [4.69, 9.17) is 9.79 Å². The van der Waals surface area contributed by atoms with Crippen LogP contribution in [-0.2, 0) is 16.3 Å². The SMILES string of the molecule is O=P(O)(O)CCc1ccc(CBr)cc1. The molecule has 0 radical (unpaired) electrons. The lowest BCUT2D eigenvalue weighted by Gasteiger charge is -2.04. The average Bonchev–Trinajstić information content (AvgIpc) is 2.14. The first-order valence-corrected chi connectivity index (χ1v) is 7.11. The quantitative estimate of drug-likeness (QED) is 0.656. The first kappa shape index (κ1) is 11.9. The fraction of sp³-hybridized carbons (Fsp3) is 0.333. The zero-order valence-electron chi connectivity index (χ0n) is 7.56. The zero-order valence-corrected chi connectivity index (χ0v) is 10.0. The molecule has 14 heavy (non-hydrogen) atoms. The number of aryl methyl sites for hydroxylation is 1. The topological polar surface area (TPSA) is 57.5 Å². The van der Waals surface area contributed by atoms with Gasteiger partial charge in [0.25, 0.3) is 0 Å². The molecule has 2 N–H and O–H groups in total. The predicted octanol–water partition coefficient (Wildman–Crippen LogP) is 2.30. The molecular formula is C9H12BrO3P. The van der Waals surface area contributed by atoms with Crippen molar-refractivity contribution in [3.63, 3.8) is 0 Å². The lowest BCUT2D eigenvalue weighted by Crippen LogP contribution is -1.93. The van der Waals surface area contributed by atoms with Crippen molar-refractivity contribution in [3.05, 3.63) is 35.4 Å². The first-order valence-electron chi connectivity index (χ1n) is 4.19. The van der Waals surface area contributed by atoms with Crippen LogP contribution in [0.1, 0.15) is 11.1 Å². The van der Waals surface area contributed by atoms with Crippen molar-refractivity contribution in [2.24, 2.45) is 0 Å². The van der Waals surface area contributed by atoms with Crippen molar-refractivity contribution in [2.75, 3.05) is 6.16 Å². The van der Waals surface area contributed by atoms with Crippen LogP contribution in [0.2, 0.25) is 0 Å². The van der Waals surface area contributed by atoms with Gasteiger partial charge in [-0.2, -0.15) is 0 Å². The molecule has 0 saturated carbocycles. The van der Waals surface area contributed by atoms with E-state index in [1.165, 1.54) is 0 Å². The number of benzene rings is 1. The van der Waals surface area contributed by atoms with Gasteiger partial charge in [0.05, 0.1) is 6.16 Å². The summed E-state index contributed by atoms with van der Waals surface area (Å²) in [4.78, 5) is 17.4. The molecule has 1 rings (SSSR count). The molecule has 0 aromatic heterocycles. The van der Waals surface area contributed by atoms with Gasteiger partial charge in [-0.15, -0.1) is 0 Å². The van der Waals surface area contributed by atoms with Gasteiger partial charge in [-0.05, 0) is 17.5 Å². The second-order valence-corrected chi connectivity index (χ2v) is 5.43. The molecule has 0 bridgehead atoms. The molecule has 0 aliphatic rings. The Labute approximate surface area is 91.4 Å². The van der Waals surface area contributed by atoms with Crippen molar-refractivity contribution < 1.29 is 14.4 Å². The van der Waals surface area contributed by atoms with Crippen LogP contribution >= 0.6 is 23.5 Å². The molecule has 0 heterocycles. The van der Waals surface area contributed by atoms with Crippen LogP contribution in [0.4, 0.5) is 0 Å². The zero-order chi connectivity index (χ0) is 10.6. The van der Waals surface area contributed by atoms with Gasteiger partial charge in [0.2, 0.25) is 0 Å². The van der Waals surface area contributed by atoms with E-state index in [1.807, 2.05) is 24.3 Å². The minimum Gasteiger partial charge on any atom is -0.324 e. The minimum absolute atomic E-state index is 0.0827. The number of alkyl halides is 1. The Kier molecular flexibility index (Phi) is 4.32. The molecule has 3 nitrogen and oxygen atoms in total. The van der Waals surface area contributed by atoms with Gasteiger partial charge in [0.15, 0.2) is 0 Å². The highest BCUT2D eigenvalue weighted by Gasteiger charge is 2.11. The second-order valence-electron chi connectivity index (χ2n) is 3.09. The fourth-order valence-electron chi connectivity index (χ4n) is 1.07. The van der Waals surface area contributed by atoms with Gasteiger partial charge in [-0.3, -0.25) is 4.57 Å². The number of hydrogen-bond acceptors (Lipinski definition) is 1. The summed E-state index contributed by atoms with van der Waals surface area (Å²) in [5.41, 5.74) is 2.11. The Morgan fingerprint density at radius 1 is 1.14 bits per heavy atom. The van der Waals surface area contributed by atoms with Gasteiger partial charge in [-0.1, -0.05) is 40.2 Å². The molecule has 0 atom stereocenters. The monoisotopic (exact) mass is 278 g/mol. The van der Waals surface area contributed by atoms with Gasteiger partial charge in [0.1, 0.15) is 0 Å². The number of halogens is 1. The summed E-state index contributed by atoms with van der Waals surface area (Å²) >= 11 is 3.33. The summed E-state index contributed by atoms with van der Waals surface area (Å²) in [6.07, 6.45) is 0.341. The molecule has 0 spiro atoms. The van der Waals surface area contributed by atoms with Crippen LogP contribution < -0.4 is 0 Å². The lowest BCUT2D eigenvalue weighted by molar-refractivity contribution is 0.373. The third-order valence-corrected chi connectivity index (χ3v) is 3.32. The van der Waals surface area contributed by atoms with E-state index < -0.39 is 7.60 Å². The predicted molar refractivity (Wildman–Crippen MR) is 59.7 cm³/mol. The normalized spacial score (nSPS) is 11.6. The standard InChI is InChI=1S/C9H12BrO3P/c10-7-9-3-1-8(2-4-9)5-6-14(11,12)13/h1-4H,5-7H2,(H2,11,12,13). The Hall–Kier alpha value is -0.150. The fourth-order valence-corrected chi connectivity index (χ4v) is 1.99. The van der Waals surface area contributed by atoms with Crippen LogP contribution in [0.5, 0.6) is 0 Å². The first-order chi connectivity index (χ1) is 6.51. The molecule has 0 amide bonds. The number of rotatable bonds is 4. The van der Waals surface area contributed by atoms with E-state index in [0.29, 0.717) is 6.42 Å². The lowest BCUT2D eigenvalue weighted by atomic mass is 10.1. The molecule has 0 unspecified atom stereocenters. The highest BCUT2D eigenvalue weighted by molar-refractivity contribution is 9.08. The molecule has 78 valence electrons. The van der Waals surface area contributed by atoms with Crippen molar-refractivity contribution in [3.8, 4) is 0 Å². The van der Waals surface area contributed by atoms with Gasteiger partial charge < -0.3 is 9.79 Å². The van der Waals surface area contributed by atoms with Crippen molar-refractivity contribution in [2.45, 2.75) is 11.8 Å². The maximum atomic E-state index is 10.6. The molecule has 1 aromatic rings. The summed E-state index contributed by atoms with van der Waals surface area (Å²) in [7, 11) is -3.86. The van der Waals surface area contributed by atoms with E-state index in [9.17, 15) is 4.57 Å². The van der Waals surface area contributed by atoms with Gasteiger partial charge in [0, 0.05) is 5.33 Å². The number of hydrogen-bond donors (Lipinski definition) is 2. The Morgan fingerprint density at radius 2 is 1.64 bits per heavy atom. The summed E-state index contributed by atoms with van der Waals surface area (Å²) in [6, 6.07) is 7.69. The van der Waals surface area contributed by atoms with E-state index >= 15 is 0 Å². The van der Waals surface area contributed by atoms with Crippen LogP contribution in [-0.4, -0.2) is 15.9 Å². The molecule has 1 aromatic carbocycles. The molecule has 0 aliphatic carbocycles. The van der Waals surface area contributed by atoms with Crippen LogP contribution in [0.25, 0.3) is 0 Å². The third-order valence-electron chi connectivity index (χ3n) is 1.87. The van der Waals surface area contributed by atoms with Crippen LogP contribution in [0.3, 0.4) is 0 Å². The van der Waals surface area contributed by atoms with Crippen molar-refractivity contribution in [1.82, 2.24) is 0 Å². The highest BCUT2D eigenvalue weighted by Crippen LogP contribution is 2.34. The minimum atomic E-state index is -3.86. The van der Waals surface area contributed by atoms with E-state index in [-0.39, 0.29) is 6.16 Å². The Morgan fingerprint density at radius 3 is 2.07 bits per heavy atom. The van der Waals surface area contributed by atoms with Gasteiger partial charge >= 0.3 is 7.60 Å². The van der Waals surface area contributed by atoms with Crippen molar-refractivity contribution in [1.29, 1.82) is 0 Å². The molecular weight excluding hydrogens is 267 g/mol. The van der Waals surface area contributed by atoms with E-state index in [1.54, 1.807) is 0 Å². The third kappa shape index (κ3) is 4.38. The maximum Gasteiger partial charge on any atom is 0.325 e. The maximum absolute atomic E-state index is 10.6. The largest absolute Gasteiger partial charge is 0.325 e. The summed E-state index contributed by atoms with van der Waals surface area (Å²) in [6.45, 7) is 0. The second kappa shape index (κ2) is 5.08. The Balaban J connectivity index is 2.56. The van der Waals surface area contributed by atoms with E-state index in [2.05, 4.69) is 15.9 Å². The Bertz CT molecular complexity index is 330. The molecule has 0 saturated heterocycles. The summed E-state index contributed by atoms with van der Waals surface area (Å²) in [5.74, 6) is 0. The van der Waals surface area contributed by atoms with Gasteiger partial charge in [-0.25, -0.2) is 0 Å². The molecule has 5 heteroatoms. The van der Waals surface area contributed by atoms with E-state index in [0.717, 1.165) is 16.5 Å². The van der Waals surface area contributed by atoms with Crippen LogP contribution in [0.15, 0.2) is 24.3 Å². The molecule has 0 fully saturated rings.